The SMILES string of the molecule is COCCCc1c(O)cccc1CC1CCCC2(CC#CC3NC(N)=NC(C(C)C)CSSCC3C3Cc4c5cc(c(c4OC3O)OCN2)CC#Cc2c(ccc(O)c2OC)CCC(=O)CC(O)CC5)C1. The topological polar surface area (TPSA) is 197 Å². The highest BCUT2D eigenvalue weighted by atomic mass is 33.1. The number of carbonyl (C=O) groups excluding carboxylic acids is 1. The molecule has 8 N–H and O–H groups in total. The second kappa shape index (κ2) is 24.3. The van der Waals surface area contributed by atoms with E-state index in [0.29, 0.717) is 79.2 Å². The normalized spacial score (nSPS) is 27.2. The fourth-order valence-corrected chi connectivity index (χ4v) is 14.0. The maximum Gasteiger partial charge on any atom is 0.201 e. The van der Waals surface area contributed by atoms with E-state index in [9.17, 15) is 25.2 Å². The van der Waals surface area contributed by atoms with E-state index >= 15 is 0 Å². The zero-order valence-electron chi connectivity index (χ0n) is 41.7. The first-order valence-electron chi connectivity index (χ1n) is 25.4. The third kappa shape index (κ3) is 12.9. The number of phenols is 2. The average Bonchev–Trinajstić information content (AvgIpc) is 3.34. The molecular formula is C56H72N4O9S2. The summed E-state index contributed by atoms with van der Waals surface area (Å²) in [7, 11) is 6.71. The summed E-state index contributed by atoms with van der Waals surface area (Å²) in [6.07, 6.45) is 6.59. The molecule has 1 spiro atoms. The van der Waals surface area contributed by atoms with Crippen molar-refractivity contribution in [3.63, 3.8) is 0 Å². The molecule has 8 atom stereocenters. The van der Waals surface area contributed by atoms with Crippen LogP contribution in [0, 0.1) is 47.4 Å². The maximum absolute atomic E-state index is 13.3. The summed E-state index contributed by atoms with van der Waals surface area (Å²) in [6, 6.07) is 10.8. The molecule has 3 aromatic rings. The van der Waals surface area contributed by atoms with Crippen molar-refractivity contribution in [2.45, 2.75) is 140 Å². The highest BCUT2D eigenvalue weighted by Gasteiger charge is 2.43. The van der Waals surface area contributed by atoms with E-state index in [4.69, 9.17) is 29.7 Å². The average molecular weight is 1010 g/mol. The number of nitrogens with one attached hydrogen (secondary N) is 2. The standard InChI is InChI=1S/C56H72N4O9S2/c1-34(2)48-32-71-70-31-46-45-29-44-38-18-21-41(62)28-40(61)20-17-36-19-22-50(64)52(67-4)43(36)13-5-12-39(27-38)51(53(44)69-54(45)65)68-33-58-56(24-8-15-47(46)59-55(57)60-48)23-7-10-35(30-56)26-37-11-6-16-49(63)42(37)14-9-25-66-3/h6,11,16,19,22,27,34-35,41,45-48,54,58,62-65H,7,9-10,12,14,17-18,20-21,23-26,28-33H2,1-4H3,(H3,57,59,60). The van der Waals surface area contributed by atoms with Crippen LogP contribution in [0.3, 0.4) is 0 Å². The van der Waals surface area contributed by atoms with Gasteiger partial charge in [-0.2, -0.15) is 0 Å². The number of guanidine groups is 1. The number of aliphatic hydroxyl groups excluding tert-OH is 2. The van der Waals surface area contributed by atoms with Gasteiger partial charge in [0.05, 0.1) is 30.9 Å². The fourth-order valence-electron chi connectivity index (χ4n) is 11.2. The Balaban J connectivity index is 1.22. The number of nitrogens with two attached hydrogens (primary N) is 1. The molecular weight excluding hydrogens is 937 g/mol. The highest BCUT2D eigenvalue weighted by molar-refractivity contribution is 8.76. The van der Waals surface area contributed by atoms with Crippen LogP contribution < -0.4 is 30.6 Å². The summed E-state index contributed by atoms with van der Waals surface area (Å²) < 4.78 is 24.7. The predicted molar refractivity (Wildman–Crippen MR) is 281 cm³/mol. The largest absolute Gasteiger partial charge is 0.508 e. The number of fused-ring (bicyclic) bond motifs is 7. The molecule has 0 saturated heterocycles. The van der Waals surface area contributed by atoms with Gasteiger partial charge in [-0.15, -0.1) is 0 Å². The zero-order valence-corrected chi connectivity index (χ0v) is 43.3. The van der Waals surface area contributed by atoms with E-state index in [-0.39, 0.29) is 61.2 Å². The van der Waals surface area contributed by atoms with Gasteiger partial charge in [0.2, 0.25) is 6.29 Å². The Morgan fingerprint density at radius 3 is 2.63 bits per heavy atom. The minimum Gasteiger partial charge on any atom is -0.508 e. The molecule has 4 aliphatic heterocycles. The van der Waals surface area contributed by atoms with Crippen LogP contribution in [0.4, 0.5) is 0 Å². The van der Waals surface area contributed by atoms with Crippen LogP contribution in [0.1, 0.15) is 111 Å². The van der Waals surface area contributed by atoms with E-state index in [1.54, 1.807) is 46.9 Å². The smallest absolute Gasteiger partial charge is 0.201 e. The van der Waals surface area contributed by atoms with Gasteiger partial charge in [-0.1, -0.05) is 89.8 Å². The number of phenolic OH excluding ortho intramolecular Hbond substituents is 2. The van der Waals surface area contributed by atoms with Crippen molar-refractivity contribution in [1.29, 1.82) is 0 Å². The lowest BCUT2D eigenvalue weighted by molar-refractivity contribution is -0.121. The summed E-state index contributed by atoms with van der Waals surface area (Å²) in [5.74, 6) is 17.0. The third-order valence-corrected chi connectivity index (χ3v) is 17.6. The molecule has 9 rings (SSSR count). The lowest BCUT2D eigenvalue weighted by Crippen LogP contribution is -2.52. The van der Waals surface area contributed by atoms with E-state index < -0.39 is 29.9 Å². The molecule has 6 aliphatic rings. The van der Waals surface area contributed by atoms with Gasteiger partial charge in [-0.25, -0.2) is 4.99 Å². The number of carbonyl (C=O) groups is 1. The van der Waals surface area contributed by atoms with Crippen molar-refractivity contribution in [2.75, 3.05) is 39.1 Å². The first-order valence-corrected chi connectivity index (χ1v) is 27.9. The number of ketones is 1. The first kappa shape index (κ1) is 52.6. The van der Waals surface area contributed by atoms with Crippen molar-refractivity contribution < 1.29 is 44.2 Å². The van der Waals surface area contributed by atoms with Gasteiger partial charge in [-0.3, -0.25) is 10.1 Å². The summed E-state index contributed by atoms with van der Waals surface area (Å²) >= 11 is 0. The molecule has 382 valence electrons. The Hall–Kier alpha value is -4.74. The molecule has 0 aromatic heterocycles. The lowest BCUT2D eigenvalue weighted by Gasteiger charge is -2.42. The van der Waals surface area contributed by atoms with Gasteiger partial charge in [0.25, 0.3) is 0 Å². The van der Waals surface area contributed by atoms with Crippen LogP contribution in [0.2, 0.25) is 0 Å². The quantitative estimate of drug-likeness (QED) is 0.0682. The van der Waals surface area contributed by atoms with Gasteiger partial charge >= 0.3 is 0 Å². The van der Waals surface area contributed by atoms with Gasteiger partial charge in [0.1, 0.15) is 18.3 Å². The number of ether oxygens (including phenoxy) is 4. The molecule has 71 heavy (non-hydrogen) atoms. The Morgan fingerprint density at radius 1 is 0.972 bits per heavy atom. The number of benzene rings is 3. The third-order valence-electron chi connectivity index (χ3n) is 15.1. The van der Waals surface area contributed by atoms with Gasteiger partial charge < -0.3 is 50.4 Å². The molecule has 0 radical (unpaired) electrons. The molecule has 6 bridgehead atoms. The van der Waals surface area contributed by atoms with Crippen LogP contribution in [0.25, 0.3) is 0 Å². The fraction of sp³-hybridized carbons (Fsp3) is 0.571. The number of aliphatic imine (C=N–C) groups is 1. The molecule has 0 amide bonds. The van der Waals surface area contributed by atoms with Gasteiger partial charge in [-0.05, 0) is 110 Å². The van der Waals surface area contributed by atoms with Crippen LogP contribution in [-0.2, 0) is 48.1 Å². The Kier molecular flexibility index (Phi) is 18.0. The van der Waals surface area contributed by atoms with E-state index in [1.807, 2.05) is 6.07 Å². The Morgan fingerprint density at radius 2 is 1.82 bits per heavy atom. The number of aliphatic hydroxyl groups is 2. The second-order valence-corrected chi connectivity index (χ2v) is 22.9. The Labute approximate surface area is 427 Å². The molecule has 2 aliphatic carbocycles. The number of methoxy groups -OCH3 is 2. The predicted octanol–water partition coefficient (Wildman–Crippen LogP) is 7.16. The minimum atomic E-state index is -1.22. The van der Waals surface area contributed by atoms with Crippen molar-refractivity contribution >= 4 is 33.3 Å². The second-order valence-electron chi connectivity index (χ2n) is 20.4. The van der Waals surface area contributed by atoms with E-state index in [1.165, 1.54) is 7.11 Å². The van der Waals surface area contributed by atoms with Gasteiger partial charge in [0, 0.05) is 79.4 Å². The summed E-state index contributed by atoms with van der Waals surface area (Å²) in [6.45, 7) is 5.06. The molecule has 1 fully saturated rings. The van der Waals surface area contributed by atoms with Crippen LogP contribution in [-0.4, -0.2) is 101 Å². The summed E-state index contributed by atoms with van der Waals surface area (Å²) in [5.41, 5.74) is 12.3. The molecule has 4 heterocycles. The van der Waals surface area contributed by atoms with Crippen LogP contribution in [0.15, 0.2) is 41.4 Å². The monoisotopic (exact) mass is 1010 g/mol. The highest BCUT2D eigenvalue weighted by Crippen LogP contribution is 2.47. The lowest BCUT2D eigenvalue weighted by atomic mass is 9.71. The Bertz CT molecular complexity index is 2530. The molecule has 1 saturated carbocycles. The molecule has 15 heteroatoms. The number of hydrogen-bond acceptors (Lipinski definition) is 15. The van der Waals surface area contributed by atoms with Gasteiger partial charge in [0.15, 0.2) is 29.0 Å². The molecule has 3 aromatic carbocycles. The number of rotatable bonds is 8. The van der Waals surface area contributed by atoms with Crippen molar-refractivity contribution in [3.8, 4) is 52.4 Å². The van der Waals surface area contributed by atoms with Crippen molar-refractivity contribution in [1.82, 2.24) is 10.6 Å². The number of hydrogen-bond donors (Lipinski definition) is 7. The van der Waals surface area contributed by atoms with Crippen molar-refractivity contribution in [2.24, 2.45) is 34.4 Å². The van der Waals surface area contributed by atoms with E-state index in [2.05, 4.69) is 60.3 Å². The zero-order chi connectivity index (χ0) is 50.1. The molecule has 8 unspecified atom stereocenters. The van der Waals surface area contributed by atoms with Crippen molar-refractivity contribution in [3.05, 3.63) is 75.3 Å². The van der Waals surface area contributed by atoms with Crippen LogP contribution >= 0.6 is 21.6 Å². The summed E-state index contributed by atoms with van der Waals surface area (Å²) in [5, 5.41) is 52.9. The number of nitrogens with zero attached hydrogens (tertiary/aromatic N) is 1. The van der Waals surface area contributed by atoms with E-state index in [0.717, 1.165) is 84.1 Å². The van der Waals surface area contributed by atoms with Crippen LogP contribution in [0.5, 0.6) is 28.7 Å². The maximum atomic E-state index is 13.3. The minimum absolute atomic E-state index is 0.00554. The number of aromatic hydroxyl groups is 2. The summed E-state index contributed by atoms with van der Waals surface area (Å²) in [4.78, 5) is 18.3. The molecule has 13 nitrogen and oxygen atoms in total. The number of aryl methyl sites for hydroxylation is 2. The number of Topliss-reactive ketones (excluding diaryl/α,β-unsaturated/α-hetero) is 1. The first-order chi connectivity index (χ1) is 34.3.